The van der Waals surface area contributed by atoms with Crippen LogP contribution < -0.4 is 15.5 Å². The first-order chi connectivity index (χ1) is 16.5. The number of nitrogens with zero attached hydrogens (tertiary/aromatic N) is 5. The van der Waals surface area contributed by atoms with Crippen LogP contribution in [0.2, 0.25) is 5.02 Å². The first-order valence-electron chi connectivity index (χ1n) is 10.7. The minimum absolute atomic E-state index is 0.0335. The van der Waals surface area contributed by atoms with E-state index < -0.39 is 0 Å². The number of benzene rings is 1. The molecule has 0 saturated carbocycles. The van der Waals surface area contributed by atoms with Gasteiger partial charge < -0.3 is 15.0 Å². The maximum Gasteiger partial charge on any atom is 0.256 e. The molecule has 1 aromatic heterocycles. The van der Waals surface area contributed by atoms with Crippen LogP contribution in [0.3, 0.4) is 0 Å². The lowest BCUT2D eigenvalue weighted by Crippen LogP contribution is -2.31. The number of nitrogens with one attached hydrogen (secondary N) is 2. The Kier molecular flexibility index (Phi) is 5.91. The lowest BCUT2D eigenvalue weighted by Gasteiger charge is -2.15. The number of carbonyl (C=O) groups excluding carboxylic acids is 2. The van der Waals surface area contributed by atoms with Gasteiger partial charge in [-0.2, -0.15) is 5.10 Å². The number of aliphatic imine (C=N–C) groups is 1. The zero-order chi connectivity index (χ0) is 23.7. The summed E-state index contributed by atoms with van der Waals surface area (Å²) >= 11 is 6.25. The third-order valence-electron chi connectivity index (χ3n) is 5.61. The first kappa shape index (κ1) is 21.9. The number of halogens is 1. The van der Waals surface area contributed by atoms with Gasteiger partial charge in [-0.05, 0) is 24.3 Å². The zero-order valence-electron chi connectivity index (χ0n) is 18.4. The van der Waals surface area contributed by atoms with Gasteiger partial charge >= 0.3 is 0 Å². The van der Waals surface area contributed by atoms with Crippen LogP contribution in [-0.4, -0.2) is 64.5 Å². The number of hydrogen-bond donors (Lipinski definition) is 2. The second kappa shape index (κ2) is 9.16. The third kappa shape index (κ3) is 4.20. The summed E-state index contributed by atoms with van der Waals surface area (Å²) in [7, 11) is 1.55. The molecule has 2 aromatic rings. The van der Waals surface area contributed by atoms with E-state index in [1.807, 2.05) is 12.2 Å². The molecule has 2 N–H and O–H groups in total. The Labute approximate surface area is 200 Å². The Balaban J connectivity index is 1.49. The largest absolute Gasteiger partial charge is 0.496 e. The Morgan fingerprint density at radius 1 is 1.26 bits per heavy atom. The number of methoxy groups -OCH3 is 1. The molecule has 174 valence electrons. The summed E-state index contributed by atoms with van der Waals surface area (Å²) in [6.07, 6.45) is 10.7. The predicted octanol–water partition coefficient (Wildman–Crippen LogP) is 2.18. The van der Waals surface area contributed by atoms with Gasteiger partial charge in [0.25, 0.3) is 5.91 Å². The molecule has 0 saturated heterocycles. The van der Waals surface area contributed by atoms with Crippen LogP contribution in [0.15, 0.2) is 65.2 Å². The van der Waals surface area contributed by atoms with Crippen LogP contribution >= 0.6 is 11.6 Å². The summed E-state index contributed by atoms with van der Waals surface area (Å²) < 4.78 is 7.02. The molecule has 4 heterocycles. The predicted molar refractivity (Wildman–Crippen MR) is 128 cm³/mol. The summed E-state index contributed by atoms with van der Waals surface area (Å²) in [6.45, 7) is 1.52. The number of rotatable bonds is 6. The molecule has 11 heteroatoms. The maximum absolute atomic E-state index is 13.2. The van der Waals surface area contributed by atoms with Crippen molar-refractivity contribution < 1.29 is 14.3 Å². The third-order valence-corrected chi connectivity index (χ3v) is 5.85. The molecule has 5 rings (SSSR count). The second-order valence-corrected chi connectivity index (χ2v) is 8.22. The number of ether oxygens (including phenoxy) is 1. The minimum Gasteiger partial charge on any atom is -0.496 e. The molecule has 3 aliphatic heterocycles. The van der Waals surface area contributed by atoms with Crippen molar-refractivity contribution in [3.8, 4) is 17.0 Å². The molecule has 1 aromatic carbocycles. The molecule has 0 spiro atoms. The van der Waals surface area contributed by atoms with Crippen molar-refractivity contribution in [1.82, 2.24) is 25.1 Å². The molecule has 0 radical (unpaired) electrons. The highest BCUT2D eigenvalue weighted by molar-refractivity contribution is 6.31. The number of hydrazine groups is 1. The van der Waals surface area contributed by atoms with E-state index in [-0.39, 0.29) is 18.4 Å². The maximum atomic E-state index is 13.2. The van der Waals surface area contributed by atoms with Crippen LogP contribution in [0.4, 0.5) is 5.69 Å². The van der Waals surface area contributed by atoms with Gasteiger partial charge in [0, 0.05) is 48.8 Å². The highest BCUT2D eigenvalue weighted by atomic mass is 35.5. The molecular weight excluding hydrogens is 458 g/mol. The molecule has 0 fully saturated rings. The topological polar surface area (TPSA) is 104 Å². The molecule has 0 bridgehead atoms. The lowest BCUT2D eigenvalue weighted by molar-refractivity contribution is -0.130. The van der Waals surface area contributed by atoms with Gasteiger partial charge in [-0.3, -0.25) is 19.3 Å². The second-order valence-electron chi connectivity index (χ2n) is 7.78. The Morgan fingerprint density at radius 2 is 2.09 bits per heavy atom. The van der Waals surface area contributed by atoms with Crippen molar-refractivity contribution in [3.05, 3.63) is 65.2 Å². The van der Waals surface area contributed by atoms with Gasteiger partial charge in [0.2, 0.25) is 5.91 Å². The Morgan fingerprint density at radius 3 is 2.88 bits per heavy atom. The summed E-state index contributed by atoms with van der Waals surface area (Å²) in [5.41, 5.74) is 5.05. The summed E-state index contributed by atoms with van der Waals surface area (Å²) in [6, 6.07) is 5.16. The Bertz CT molecular complexity index is 1270. The molecule has 0 unspecified atom stereocenters. The number of anilines is 1. The fourth-order valence-electron chi connectivity index (χ4n) is 3.92. The molecular formula is C23H22ClN7O3. The van der Waals surface area contributed by atoms with E-state index >= 15 is 0 Å². The summed E-state index contributed by atoms with van der Waals surface area (Å²) in [5, 5.41) is 9.74. The normalized spacial score (nSPS) is 16.4. The van der Waals surface area contributed by atoms with E-state index in [1.165, 1.54) is 4.68 Å². The quantitative estimate of drug-likeness (QED) is 0.615. The van der Waals surface area contributed by atoms with Gasteiger partial charge in [0.05, 0.1) is 18.4 Å². The van der Waals surface area contributed by atoms with Crippen molar-refractivity contribution in [2.75, 3.05) is 32.1 Å². The van der Waals surface area contributed by atoms with Crippen molar-refractivity contribution in [2.24, 2.45) is 4.99 Å². The van der Waals surface area contributed by atoms with Gasteiger partial charge in [0.1, 0.15) is 18.0 Å². The van der Waals surface area contributed by atoms with Crippen molar-refractivity contribution in [1.29, 1.82) is 0 Å². The average Bonchev–Trinajstić information content (AvgIpc) is 3.59. The highest BCUT2D eigenvalue weighted by Crippen LogP contribution is 2.36. The molecule has 3 aliphatic rings. The number of allylic oxidation sites excluding steroid dienone is 1. The standard InChI is InChI=1S/C23H22ClN7O3/c1-34-19-6-5-15(24)11-16(19)21-18(13-30(28-21)14-20(32)29-8-2-3-9-29)27-23(33)17-12-26-31-10-4-7-25-22(17)31/h2-7,10-11,13,26H,8-9,12,14H2,1H3,(H,27,33). The monoisotopic (exact) mass is 479 g/mol. The molecule has 10 nitrogen and oxygen atoms in total. The SMILES string of the molecule is COc1ccc(Cl)cc1-c1nn(CC(=O)N2CC=CC2)cc1NC(=O)C1=C2N=CC=CN2NC1. The van der Waals surface area contributed by atoms with Crippen LogP contribution in [0.25, 0.3) is 11.3 Å². The number of carbonyl (C=O) groups is 2. The summed E-state index contributed by atoms with van der Waals surface area (Å²) in [4.78, 5) is 31.9. The highest BCUT2D eigenvalue weighted by Gasteiger charge is 2.28. The van der Waals surface area contributed by atoms with Crippen LogP contribution in [0, 0.1) is 0 Å². The number of fused-ring (bicyclic) bond motifs is 1. The number of hydrogen-bond acceptors (Lipinski definition) is 7. The minimum atomic E-state index is -0.325. The van der Waals surface area contributed by atoms with Gasteiger partial charge in [-0.25, -0.2) is 10.4 Å². The smallest absolute Gasteiger partial charge is 0.256 e. The zero-order valence-corrected chi connectivity index (χ0v) is 19.1. The van der Waals surface area contributed by atoms with E-state index in [4.69, 9.17) is 16.3 Å². The van der Waals surface area contributed by atoms with Gasteiger partial charge in [0.15, 0.2) is 5.82 Å². The van der Waals surface area contributed by atoms with Crippen LogP contribution in [-0.2, 0) is 16.1 Å². The van der Waals surface area contributed by atoms with E-state index in [0.717, 1.165) is 0 Å². The molecule has 0 atom stereocenters. The van der Waals surface area contributed by atoms with E-state index in [9.17, 15) is 9.59 Å². The lowest BCUT2D eigenvalue weighted by atomic mass is 10.1. The summed E-state index contributed by atoms with van der Waals surface area (Å²) in [5.74, 6) is 0.678. The van der Waals surface area contributed by atoms with Crippen molar-refractivity contribution in [3.63, 3.8) is 0 Å². The van der Waals surface area contributed by atoms with E-state index in [1.54, 1.807) is 59.9 Å². The number of amides is 2. The van der Waals surface area contributed by atoms with Crippen molar-refractivity contribution in [2.45, 2.75) is 6.54 Å². The van der Waals surface area contributed by atoms with Gasteiger partial charge in [-0.1, -0.05) is 23.8 Å². The van der Waals surface area contributed by atoms with Gasteiger partial charge in [-0.15, -0.1) is 0 Å². The van der Waals surface area contributed by atoms with Crippen molar-refractivity contribution >= 4 is 35.3 Å². The Hall–Kier alpha value is -3.89. The first-order valence-corrected chi connectivity index (χ1v) is 11.0. The molecule has 2 amide bonds. The average molecular weight is 480 g/mol. The van der Waals surface area contributed by atoms with E-state index in [2.05, 4.69) is 20.8 Å². The van der Waals surface area contributed by atoms with Crippen LogP contribution in [0.1, 0.15) is 0 Å². The number of aromatic nitrogens is 2. The fraction of sp³-hybridized carbons (Fsp3) is 0.217. The molecule has 0 aliphatic carbocycles. The van der Waals surface area contributed by atoms with Crippen LogP contribution in [0.5, 0.6) is 5.75 Å². The van der Waals surface area contributed by atoms with E-state index in [0.29, 0.717) is 58.7 Å². The molecule has 34 heavy (non-hydrogen) atoms. The fourth-order valence-corrected chi connectivity index (χ4v) is 4.10.